The van der Waals surface area contributed by atoms with Gasteiger partial charge < -0.3 is 31.4 Å². The number of nitrogens with one attached hydrogen (secondary N) is 1. The minimum absolute atomic E-state index is 0. The van der Waals surface area contributed by atoms with Crippen molar-refractivity contribution in [2.75, 3.05) is 0 Å². The zero-order valence-electron chi connectivity index (χ0n) is 10.8. The molecule has 0 aromatic heterocycles. The van der Waals surface area contributed by atoms with E-state index >= 15 is 0 Å². The number of hydroxylamine groups is 1. The van der Waals surface area contributed by atoms with Crippen LogP contribution in [-0.2, 0) is 19.2 Å². The van der Waals surface area contributed by atoms with E-state index in [-0.39, 0.29) is 88.7 Å². The first-order chi connectivity index (χ1) is 9.48. The van der Waals surface area contributed by atoms with Crippen molar-refractivity contribution in [3.05, 3.63) is 0 Å². The van der Waals surface area contributed by atoms with Crippen LogP contribution in [0.3, 0.4) is 0 Å². The topological polar surface area (TPSA) is 207 Å². The predicted molar refractivity (Wildman–Crippen MR) is 85.0 cm³/mol. The summed E-state index contributed by atoms with van der Waals surface area (Å²) >= 11 is 0. The molecule has 0 saturated heterocycles. The Morgan fingerprint density at radius 2 is 0.958 bits per heavy atom. The molecule has 0 aliphatic heterocycles. The molecule has 0 aromatic carbocycles. The van der Waals surface area contributed by atoms with Crippen molar-refractivity contribution in [1.29, 1.82) is 0 Å². The number of aliphatic carboxylic acids is 4. The number of carboxylic acid groups (broad SMARTS) is 4. The Kier molecular flexibility index (Phi) is 18.8. The van der Waals surface area contributed by atoms with Gasteiger partial charge >= 0.3 is 113 Å². The van der Waals surface area contributed by atoms with Crippen molar-refractivity contribution in [1.82, 2.24) is 5.48 Å². The van der Waals surface area contributed by atoms with Gasteiger partial charge in [-0.2, -0.15) is 5.48 Å². The Morgan fingerprint density at radius 3 is 1.12 bits per heavy atom. The third kappa shape index (κ3) is 10.0. The molecular formula is C10H19N2Na3O9. The quantitative estimate of drug-likeness (QED) is 0.145. The maximum absolute atomic E-state index is 10.9. The zero-order valence-corrected chi connectivity index (χ0v) is 10.8. The standard InChI is InChI=1S/C10H16N2O9.3Na.3H/c11-9(1-5(13)14,2-6(15)16)10(12-21,3-7(17)18)4-8(19)20;;;;;;/h12,21H,1-4,11H2,(H,13,14)(H,15,16)(H,17,18)(H,19,20);;;;;;. The van der Waals surface area contributed by atoms with Crippen LogP contribution in [0, 0.1) is 0 Å². The Labute approximate surface area is 203 Å². The molecule has 0 unspecified atom stereocenters. The summed E-state index contributed by atoms with van der Waals surface area (Å²) in [5.74, 6) is -6.34. The van der Waals surface area contributed by atoms with Crippen LogP contribution in [0.25, 0.3) is 0 Å². The van der Waals surface area contributed by atoms with Crippen LogP contribution in [0.4, 0.5) is 0 Å². The number of hydrogen-bond donors (Lipinski definition) is 7. The van der Waals surface area contributed by atoms with Crippen molar-refractivity contribution >= 4 is 113 Å². The molecule has 14 heteroatoms. The summed E-state index contributed by atoms with van der Waals surface area (Å²) < 4.78 is 0. The Bertz CT molecular complexity index is 429. The molecule has 0 aliphatic rings. The van der Waals surface area contributed by atoms with Gasteiger partial charge in [-0.25, -0.2) is 0 Å². The second kappa shape index (κ2) is 13.9. The second-order valence-corrected chi connectivity index (χ2v) is 4.63. The molecule has 0 rings (SSSR count). The van der Waals surface area contributed by atoms with Crippen molar-refractivity contribution in [3.8, 4) is 0 Å². The van der Waals surface area contributed by atoms with E-state index in [1.54, 1.807) is 0 Å². The first-order valence-corrected chi connectivity index (χ1v) is 5.55. The van der Waals surface area contributed by atoms with Crippen LogP contribution in [-0.4, -0.2) is 149 Å². The Balaban J connectivity index is -0.000000667. The monoisotopic (exact) mass is 380 g/mol. The summed E-state index contributed by atoms with van der Waals surface area (Å²) in [5.41, 5.74) is 2.37. The molecule has 0 fully saturated rings. The van der Waals surface area contributed by atoms with E-state index in [4.69, 9.17) is 26.2 Å². The van der Waals surface area contributed by atoms with Gasteiger partial charge in [-0.3, -0.25) is 19.2 Å². The van der Waals surface area contributed by atoms with Crippen molar-refractivity contribution in [2.24, 2.45) is 5.73 Å². The number of carbonyl (C=O) groups is 4. The Morgan fingerprint density at radius 1 is 0.708 bits per heavy atom. The molecule has 0 bridgehead atoms. The summed E-state index contributed by atoms with van der Waals surface area (Å²) in [6, 6.07) is 0. The molecule has 8 N–H and O–H groups in total. The van der Waals surface area contributed by atoms with E-state index in [0.717, 1.165) is 0 Å². The fourth-order valence-corrected chi connectivity index (χ4v) is 2.06. The summed E-state index contributed by atoms with van der Waals surface area (Å²) in [5, 5.41) is 44.5. The van der Waals surface area contributed by atoms with Gasteiger partial charge in [0.05, 0.1) is 36.8 Å². The Hall–Kier alpha value is 0.760. The van der Waals surface area contributed by atoms with E-state index in [1.807, 2.05) is 0 Å². The molecule has 0 amide bonds. The summed E-state index contributed by atoms with van der Waals surface area (Å²) in [4.78, 5) is 43.5. The van der Waals surface area contributed by atoms with E-state index in [2.05, 4.69) is 0 Å². The van der Waals surface area contributed by atoms with E-state index in [1.165, 1.54) is 5.48 Å². The fourth-order valence-electron chi connectivity index (χ4n) is 2.06. The minimum atomic E-state index is -2.37. The van der Waals surface area contributed by atoms with Crippen LogP contribution in [0.1, 0.15) is 25.7 Å². The number of nitrogens with two attached hydrogens (primary N) is 1. The fraction of sp³-hybridized carbons (Fsp3) is 0.600. The van der Waals surface area contributed by atoms with Gasteiger partial charge in [0.2, 0.25) is 0 Å². The summed E-state index contributed by atoms with van der Waals surface area (Å²) in [7, 11) is 0. The third-order valence-electron chi connectivity index (χ3n) is 3.01. The number of hydrogen-bond acceptors (Lipinski definition) is 7. The third-order valence-corrected chi connectivity index (χ3v) is 3.01. The molecule has 0 heterocycles. The SMILES string of the molecule is NC(CC(=O)O)(CC(=O)O)C(CC(=O)O)(CC(=O)O)NO.[NaH].[NaH].[NaH]. The van der Waals surface area contributed by atoms with Crippen molar-refractivity contribution < 1.29 is 44.8 Å². The molecule has 0 radical (unpaired) electrons. The molecule has 24 heavy (non-hydrogen) atoms. The summed E-state index contributed by atoms with van der Waals surface area (Å²) in [6.45, 7) is 0. The molecule has 0 saturated carbocycles. The van der Waals surface area contributed by atoms with E-state index in [9.17, 15) is 24.4 Å². The van der Waals surface area contributed by atoms with Crippen LogP contribution in [0.15, 0.2) is 0 Å². The van der Waals surface area contributed by atoms with Gasteiger partial charge in [-0.1, -0.05) is 0 Å². The van der Waals surface area contributed by atoms with Gasteiger partial charge in [0, 0.05) is 0 Å². The molecule has 0 aliphatic carbocycles. The number of rotatable bonds is 10. The number of carboxylic acids is 4. The van der Waals surface area contributed by atoms with Crippen molar-refractivity contribution in [3.63, 3.8) is 0 Å². The van der Waals surface area contributed by atoms with Crippen LogP contribution in [0.5, 0.6) is 0 Å². The average molecular weight is 380 g/mol. The van der Waals surface area contributed by atoms with Crippen LogP contribution >= 0.6 is 0 Å². The predicted octanol–water partition coefficient (Wildman–Crippen LogP) is -3.65. The maximum atomic E-state index is 10.9. The molecule has 0 atom stereocenters. The van der Waals surface area contributed by atoms with Gasteiger partial charge in [0.25, 0.3) is 0 Å². The van der Waals surface area contributed by atoms with Gasteiger partial charge in [-0.15, -0.1) is 0 Å². The first kappa shape index (κ1) is 32.4. The molecular weight excluding hydrogens is 361 g/mol. The van der Waals surface area contributed by atoms with Gasteiger partial charge in [0.1, 0.15) is 0 Å². The van der Waals surface area contributed by atoms with E-state index in [0.29, 0.717) is 0 Å². The van der Waals surface area contributed by atoms with Crippen molar-refractivity contribution in [2.45, 2.75) is 36.8 Å². The zero-order chi connectivity index (χ0) is 16.8. The normalized spacial score (nSPS) is 10.4. The van der Waals surface area contributed by atoms with Crippen LogP contribution in [0.2, 0.25) is 0 Å². The molecule has 0 spiro atoms. The molecule has 11 nitrogen and oxygen atoms in total. The summed E-state index contributed by atoms with van der Waals surface area (Å²) in [6.07, 6.45) is -4.31. The second-order valence-electron chi connectivity index (χ2n) is 4.63. The first-order valence-electron chi connectivity index (χ1n) is 5.55. The van der Waals surface area contributed by atoms with Gasteiger partial charge in [-0.05, 0) is 0 Å². The molecule has 126 valence electrons. The van der Waals surface area contributed by atoms with Crippen LogP contribution < -0.4 is 11.2 Å². The van der Waals surface area contributed by atoms with E-state index < -0.39 is 60.6 Å². The van der Waals surface area contributed by atoms with Gasteiger partial charge in [0.15, 0.2) is 0 Å². The average Bonchev–Trinajstić information content (AvgIpc) is 2.23. The molecule has 0 aromatic rings.